The first kappa shape index (κ1) is 19.2. The lowest BCUT2D eigenvalue weighted by atomic mass is 10.2. The maximum Gasteiger partial charge on any atom is 0.286 e. The minimum atomic E-state index is -3.78. The Morgan fingerprint density at radius 3 is 2.11 bits per heavy atom. The van der Waals surface area contributed by atoms with Crippen LogP contribution in [0, 0.1) is 6.92 Å². The average molecular weight is 398 g/mol. The molecular formula is C19H18N4O4S. The van der Waals surface area contributed by atoms with Crippen LogP contribution >= 0.6 is 0 Å². The van der Waals surface area contributed by atoms with E-state index in [1.807, 2.05) is 6.92 Å². The largest absolute Gasteiger partial charge is 0.357 e. The molecule has 4 N–H and O–H groups in total. The van der Waals surface area contributed by atoms with Gasteiger partial charge in [0.05, 0.1) is 4.90 Å². The number of nitrogens with one attached hydrogen (secondary N) is 4. The number of sulfonamides is 1. The van der Waals surface area contributed by atoms with Crippen molar-refractivity contribution in [1.29, 1.82) is 0 Å². The van der Waals surface area contributed by atoms with E-state index in [1.54, 1.807) is 42.6 Å². The van der Waals surface area contributed by atoms with Crippen LogP contribution in [0.3, 0.4) is 0 Å². The Labute approximate surface area is 162 Å². The summed E-state index contributed by atoms with van der Waals surface area (Å²) in [6.07, 6.45) is 1.58. The van der Waals surface area contributed by atoms with Gasteiger partial charge in [-0.2, -0.15) is 0 Å². The van der Waals surface area contributed by atoms with Gasteiger partial charge >= 0.3 is 0 Å². The van der Waals surface area contributed by atoms with E-state index in [1.165, 1.54) is 24.3 Å². The van der Waals surface area contributed by atoms with Crippen LogP contribution in [-0.2, 0) is 10.0 Å². The standard InChI is InChI=1S/C19H18N4O4S/c1-13-4-8-15(9-5-13)23-28(26,27)16-10-6-14(7-11-16)18(24)21-22-19(25)17-3-2-12-20-17/h2-12,20,23H,1H3,(H,21,24)(H,22,25). The zero-order valence-electron chi connectivity index (χ0n) is 14.9. The normalized spacial score (nSPS) is 10.9. The predicted molar refractivity (Wildman–Crippen MR) is 104 cm³/mol. The summed E-state index contributed by atoms with van der Waals surface area (Å²) in [5, 5.41) is 0. The molecule has 0 saturated carbocycles. The van der Waals surface area contributed by atoms with Crippen molar-refractivity contribution in [3.63, 3.8) is 0 Å². The maximum absolute atomic E-state index is 12.4. The van der Waals surface area contributed by atoms with Crippen molar-refractivity contribution < 1.29 is 18.0 Å². The highest BCUT2D eigenvalue weighted by molar-refractivity contribution is 7.92. The van der Waals surface area contributed by atoms with Gasteiger partial charge in [-0.15, -0.1) is 0 Å². The third-order valence-electron chi connectivity index (χ3n) is 3.86. The number of aromatic nitrogens is 1. The molecule has 0 bridgehead atoms. The van der Waals surface area contributed by atoms with Gasteiger partial charge in [-0.1, -0.05) is 17.7 Å². The van der Waals surface area contributed by atoms with Crippen molar-refractivity contribution in [3.8, 4) is 0 Å². The van der Waals surface area contributed by atoms with Crippen LogP contribution in [0.1, 0.15) is 26.4 Å². The van der Waals surface area contributed by atoms with Gasteiger partial charge in [0.15, 0.2) is 0 Å². The second-order valence-electron chi connectivity index (χ2n) is 5.99. The van der Waals surface area contributed by atoms with Crippen LogP contribution in [0.5, 0.6) is 0 Å². The van der Waals surface area contributed by atoms with E-state index in [9.17, 15) is 18.0 Å². The van der Waals surface area contributed by atoms with E-state index < -0.39 is 21.8 Å². The number of aryl methyl sites for hydroxylation is 1. The number of H-pyrrole nitrogens is 1. The van der Waals surface area contributed by atoms with Crippen molar-refractivity contribution in [3.05, 3.63) is 83.7 Å². The number of hydrogen-bond acceptors (Lipinski definition) is 4. The number of amides is 2. The molecule has 8 nitrogen and oxygen atoms in total. The molecule has 3 aromatic rings. The SMILES string of the molecule is Cc1ccc(NS(=O)(=O)c2ccc(C(=O)NNC(=O)c3ccc[nH]3)cc2)cc1. The lowest BCUT2D eigenvalue weighted by Gasteiger charge is -2.10. The molecule has 3 rings (SSSR count). The van der Waals surface area contributed by atoms with E-state index in [2.05, 4.69) is 20.6 Å². The molecule has 0 unspecified atom stereocenters. The molecule has 0 aliphatic heterocycles. The lowest BCUT2D eigenvalue weighted by Crippen LogP contribution is -2.41. The van der Waals surface area contributed by atoms with Crippen LogP contribution in [0.2, 0.25) is 0 Å². The van der Waals surface area contributed by atoms with Gasteiger partial charge in [-0.3, -0.25) is 25.2 Å². The molecule has 9 heteroatoms. The van der Waals surface area contributed by atoms with Crippen molar-refractivity contribution in [2.75, 3.05) is 4.72 Å². The Morgan fingerprint density at radius 1 is 0.857 bits per heavy atom. The van der Waals surface area contributed by atoms with E-state index in [-0.39, 0.29) is 10.5 Å². The Bertz CT molecular complexity index is 1070. The average Bonchev–Trinajstić information content (AvgIpc) is 3.22. The molecule has 0 atom stereocenters. The first-order chi connectivity index (χ1) is 13.3. The number of anilines is 1. The summed E-state index contributed by atoms with van der Waals surface area (Å²) >= 11 is 0. The van der Waals surface area contributed by atoms with E-state index in [0.29, 0.717) is 11.4 Å². The molecule has 0 aliphatic carbocycles. The van der Waals surface area contributed by atoms with Crippen LogP contribution in [0.25, 0.3) is 0 Å². The third kappa shape index (κ3) is 4.57. The predicted octanol–water partition coefficient (Wildman–Crippen LogP) is 2.20. The molecule has 0 saturated heterocycles. The Kier molecular flexibility index (Phi) is 5.46. The highest BCUT2D eigenvalue weighted by atomic mass is 32.2. The number of rotatable bonds is 5. The monoisotopic (exact) mass is 398 g/mol. The molecular weight excluding hydrogens is 380 g/mol. The van der Waals surface area contributed by atoms with Crippen molar-refractivity contribution in [2.45, 2.75) is 11.8 Å². The van der Waals surface area contributed by atoms with Gasteiger partial charge < -0.3 is 4.98 Å². The van der Waals surface area contributed by atoms with E-state index >= 15 is 0 Å². The fraction of sp³-hybridized carbons (Fsp3) is 0.0526. The van der Waals surface area contributed by atoms with E-state index in [4.69, 9.17) is 0 Å². The fourth-order valence-corrected chi connectivity index (χ4v) is 3.40. The van der Waals surface area contributed by atoms with Gasteiger partial charge in [0.25, 0.3) is 21.8 Å². The number of hydrogen-bond donors (Lipinski definition) is 4. The summed E-state index contributed by atoms with van der Waals surface area (Å²) in [4.78, 5) is 26.6. The summed E-state index contributed by atoms with van der Waals surface area (Å²) in [6, 6.07) is 15.5. The van der Waals surface area contributed by atoms with Gasteiger partial charge in [-0.25, -0.2) is 8.42 Å². The molecule has 0 aliphatic rings. The van der Waals surface area contributed by atoms with Crippen molar-refractivity contribution >= 4 is 27.5 Å². The molecule has 1 aromatic heterocycles. The molecule has 144 valence electrons. The van der Waals surface area contributed by atoms with E-state index in [0.717, 1.165) is 5.56 Å². The number of aromatic amines is 1. The van der Waals surface area contributed by atoms with Crippen LogP contribution < -0.4 is 15.6 Å². The maximum atomic E-state index is 12.4. The number of benzene rings is 2. The summed E-state index contributed by atoms with van der Waals surface area (Å²) < 4.78 is 27.4. The third-order valence-corrected chi connectivity index (χ3v) is 5.26. The second-order valence-corrected chi connectivity index (χ2v) is 7.67. The molecule has 0 fully saturated rings. The fourth-order valence-electron chi connectivity index (χ4n) is 2.35. The van der Waals surface area contributed by atoms with Crippen LogP contribution in [0.4, 0.5) is 5.69 Å². The zero-order valence-corrected chi connectivity index (χ0v) is 15.7. The Balaban J connectivity index is 1.64. The molecule has 0 radical (unpaired) electrons. The molecule has 1 heterocycles. The van der Waals surface area contributed by atoms with Crippen molar-refractivity contribution in [2.24, 2.45) is 0 Å². The lowest BCUT2D eigenvalue weighted by molar-refractivity contribution is 0.0844. The number of carbonyl (C=O) groups is 2. The highest BCUT2D eigenvalue weighted by Gasteiger charge is 2.16. The molecule has 2 amide bonds. The van der Waals surface area contributed by atoms with Gasteiger partial charge in [0, 0.05) is 17.4 Å². The summed E-state index contributed by atoms with van der Waals surface area (Å²) in [5.74, 6) is -1.07. The minimum Gasteiger partial charge on any atom is -0.357 e. The summed E-state index contributed by atoms with van der Waals surface area (Å²) in [5.41, 5.74) is 6.48. The first-order valence-electron chi connectivity index (χ1n) is 8.29. The molecule has 28 heavy (non-hydrogen) atoms. The number of carbonyl (C=O) groups excluding carboxylic acids is 2. The van der Waals surface area contributed by atoms with Gasteiger partial charge in [0.1, 0.15) is 5.69 Å². The number of hydrazine groups is 1. The highest BCUT2D eigenvalue weighted by Crippen LogP contribution is 2.17. The molecule has 2 aromatic carbocycles. The Hall–Kier alpha value is -3.59. The minimum absolute atomic E-state index is 0.0139. The topological polar surface area (TPSA) is 120 Å². The smallest absolute Gasteiger partial charge is 0.286 e. The Morgan fingerprint density at radius 2 is 1.50 bits per heavy atom. The second kappa shape index (κ2) is 7.97. The van der Waals surface area contributed by atoms with Crippen molar-refractivity contribution in [1.82, 2.24) is 15.8 Å². The van der Waals surface area contributed by atoms with Crippen LogP contribution in [-0.4, -0.2) is 25.2 Å². The summed E-state index contributed by atoms with van der Waals surface area (Å²) in [6.45, 7) is 1.91. The zero-order chi connectivity index (χ0) is 20.1. The first-order valence-corrected chi connectivity index (χ1v) is 9.77. The summed E-state index contributed by atoms with van der Waals surface area (Å²) in [7, 11) is -3.78. The van der Waals surface area contributed by atoms with Crippen LogP contribution in [0.15, 0.2) is 71.8 Å². The van der Waals surface area contributed by atoms with Gasteiger partial charge in [-0.05, 0) is 55.5 Å². The molecule has 0 spiro atoms. The van der Waals surface area contributed by atoms with Gasteiger partial charge in [0.2, 0.25) is 0 Å². The quantitative estimate of drug-likeness (QED) is 0.493.